The first-order chi connectivity index (χ1) is 10.9. The van der Waals surface area contributed by atoms with Crippen molar-refractivity contribution < 1.29 is 14.3 Å². The van der Waals surface area contributed by atoms with Crippen LogP contribution in [0.4, 0.5) is 5.69 Å². The van der Waals surface area contributed by atoms with Crippen LogP contribution in [0.1, 0.15) is 32.3 Å². The largest absolute Gasteiger partial charge is 0.492 e. The number of nitrogens with one attached hydrogen (secondary N) is 1. The summed E-state index contributed by atoms with van der Waals surface area (Å²) in [6.45, 7) is 7.18. The molecule has 2 rings (SSSR count). The number of hydrogen-bond acceptors (Lipinski definition) is 3. The van der Waals surface area contributed by atoms with Gasteiger partial charge in [0.1, 0.15) is 5.75 Å². The Labute approximate surface area is 141 Å². The third-order valence-corrected chi connectivity index (χ3v) is 4.44. The Kier molecular flexibility index (Phi) is 5.88. The zero-order valence-corrected chi connectivity index (χ0v) is 14.6. The van der Waals surface area contributed by atoms with Crippen molar-refractivity contribution in [3.63, 3.8) is 0 Å². The van der Waals surface area contributed by atoms with Crippen LogP contribution >= 0.6 is 11.6 Å². The van der Waals surface area contributed by atoms with Crippen LogP contribution in [0.15, 0.2) is 12.1 Å². The fraction of sp³-hybridized carbons (Fsp3) is 0.529. The van der Waals surface area contributed by atoms with Gasteiger partial charge in [0.05, 0.1) is 11.6 Å². The summed E-state index contributed by atoms with van der Waals surface area (Å²) in [6, 6.07) is 3.56. The highest BCUT2D eigenvalue weighted by molar-refractivity contribution is 6.32. The second-order valence-corrected chi connectivity index (χ2v) is 6.21. The summed E-state index contributed by atoms with van der Waals surface area (Å²) >= 11 is 6.18. The molecular weight excluding hydrogens is 316 g/mol. The zero-order chi connectivity index (χ0) is 17.0. The number of anilines is 1. The molecule has 1 fully saturated rings. The van der Waals surface area contributed by atoms with E-state index >= 15 is 0 Å². The van der Waals surface area contributed by atoms with Gasteiger partial charge in [-0.2, -0.15) is 0 Å². The number of amides is 2. The Morgan fingerprint density at radius 1 is 1.35 bits per heavy atom. The smallest absolute Gasteiger partial charge is 0.227 e. The standard InChI is InChI=1S/C17H23ClN2O3/c1-4-23-16-9-11(2)15(10-14(16)18)19-17(22)13-5-7-20(8-6-13)12(3)21/h9-10,13H,4-8H2,1-3H3,(H,19,22). The monoisotopic (exact) mass is 338 g/mol. The Balaban J connectivity index is 2.01. The molecule has 0 bridgehead atoms. The summed E-state index contributed by atoms with van der Waals surface area (Å²) in [5.41, 5.74) is 1.62. The third kappa shape index (κ3) is 4.38. The predicted octanol–water partition coefficient (Wildman–Crippen LogP) is 3.24. The minimum atomic E-state index is -0.0738. The lowest BCUT2D eigenvalue weighted by atomic mass is 9.95. The average molecular weight is 339 g/mol. The molecule has 0 saturated carbocycles. The molecule has 0 aromatic heterocycles. The molecule has 1 aromatic rings. The van der Waals surface area contributed by atoms with Crippen molar-refractivity contribution in [3.05, 3.63) is 22.7 Å². The van der Waals surface area contributed by atoms with Crippen molar-refractivity contribution in [3.8, 4) is 5.75 Å². The summed E-state index contributed by atoms with van der Waals surface area (Å²) < 4.78 is 5.45. The second kappa shape index (κ2) is 7.68. The van der Waals surface area contributed by atoms with E-state index in [0.717, 1.165) is 5.56 Å². The lowest BCUT2D eigenvalue weighted by Crippen LogP contribution is -2.40. The van der Waals surface area contributed by atoms with Gasteiger partial charge in [0.2, 0.25) is 11.8 Å². The molecule has 5 nitrogen and oxygen atoms in total. The van der Waals surface area contributed by atoms with Crippen LogP contribution < -0.4 is 10.1 Å². The number of hydrogen-bond donors (Lipinski definition) is 1. The van der Waals surface area contributed by atoms with Gasteiger partial charge in [-0.05, 0) is 44.4 Å². The maximum absolute atomic E-state index is 12.4. The van der Waals surface area contributed by atoms with Crippen molar-refractivity contribution >= 4 is 29.1 Å². The summed E-state index contributed by atoms with van der Waals surface area (Å²) in [5.74, 6) is 0.601. The van der Waals surface area contributed by atoms with E-state index in [1.54, 1.807) is 17.9 Å². The SMILES string of the molecule is CCOc1cc(C)c(NC(=O)C2CCN(C(C)=O)CC2)cc1Cl. The number of aryl methyl sites for hydroxylation is 1. The van der Waals surface area contributed by atoms with Gasteiger partial charge in [0, 0.05) is 31.6 Å². The molecule has 0 aliphatic carbocycles. The quantitative estimate of drug-likeness (QED) is 0.916. The molecule has 0 radical (unpaired) electrons. The average Bonchev–Trinajstić information content (AvgIpc) is 2.52. The molecule has 6 heteroatoms. The highest BCUT2D eigenvalue weighted by Gasteiger charge is 2.26. The second-order valence-electron chi connectivity index (χ2n) is 5.80. The number of nitrogens with zero attached hydrogens (tertiary/aromatic N) is 1. The predicted molar refractivity (Wildman–Crippen MR) is 91.0 cm³/mol. The van der Waals surface area contributed by atoms with Crippen LogP contribution in [-0.4, -0.2) is 36.4 Å². The number of benzene rings is 1. The van der Waals surface area contributed by atoms with E-state index in [9.17, 15) is 9.59 Å². The van der Waals surface area contributed by atoms with Crippen LogP contribution in [0.25, 0.3) is 0 Å². The van der Waals surface area contributed by atoms with E-state index < -0.39 is 0 Å². The van der Waals surface area contributed by atoms with Crippen molar-refractivity contribution in [1.29, 1.82) is 0 Å². The third-order valence-electron chi connectivity index (χ3n) is 4.15. The summed E-state index contributed by atoms with van der Waals surface area (Å²) in [6.07, 6.45) is 1.38. The fourth-order valence-corrected chi connectivity index (χ4v) is 2.97. The van der Waals surface area contributed by atoms with Crippen LogP contribution in [-0.2, 0) is 9.59 Å². The van der Waals surface area contributed by atoms with Crippen molar-refractivity contribution in [2.24, 2.45) is 5.92 Å². The molecule has 0 spiro atoms. The van der Waals surface area contributed by atoms with E-state index in [2.05, 4.69) is 5.32 Å². The van der Waals surface area contributed by atoms with E-state index in [1.807, 2.05) is 19.9 Å². The molecule has 1 aromatic carbocycles. The first-order valence-corrected chi connectivity index (χ1v) is 8.29. The summed E-state index contributed by atoms with van der Waals surface area (Å²) in [4.78, 5) is 25.5. The first-order valence-electron chi connectivity index (χ1n) is 7.91. The normalized spacial score (nSPS) is 15.4. The van der Waals surface area contributed by atoms with Gasteiger partial charge >= 0.3 is 0 Å². The Morgan fingerprint density at radius 3 is 2.57 bits per heavy atom. The van der Waals surface area contributed by atoms with Gasteiger partial charge in [-0.1, -0.05) is 11.6 Å². The number of piperidine rings is 1. The van der Waals surface area contributed by atoms with Crippen LogP contribution in [0, 0.1) is 12.8 Å². The molecule has 23 heavy (non-hydrogen) atoms. The van der Waals surface area contributed by atoms with E-state index in [1.165, 1.54) is 0 Å². The minimum Gasteiger partial charge on any atom is -0.492 e. The number of likely N-dealkylation sites (tertiary alicyclic amines) is 1. The first kappa shape index (κ1) is 17.6. The summed E-state index contributed by atoms with van der Waals surface area (Å²) in [7, 11) is 0. The van der Waals surface area contributed by atoms with Crippen LogP contribution in [0.5, 0.6) is 5.75 Å². The fourth-order valence-electron chi connectivity index (χ4n) is 2.75. The minimum absolute atomic E-state index is 0.0171. The maximum Gasteiger partial charge on any atom is 0.227 e. The van der Waals surface area contributed by atoms with Gasteiger partial charge in [0.15, 0.2) is 0 Å². The molecule has 2 amide bonds. The van der Waals surface area contributed by atoms with E-state index in [4.69, 9.17) is 16.3 Å². The lowest BCUT2D eigenvalue weighted by Gasteiger charge is -2.30. The number of carbonyl (C=O) groups excluding carboxylic acids is 2. The van der Waals surface area contributed by atoms with E-state index in [0.29, 0.717) is 49.0 Å². The Hall–Kier alpha value is -1.75. The van der Waals surface area contributed by atoms with Gasteiger partial charge in [-0.25, -0.2) is 0 Å². The Morgan fingerprint density at radius 2 is 2.00 bits per heavy atom. The molecular formula is C17H23ClN2O3. The molecule has 1 aliphatic heterocycles. The maximum atomic E-state index is 12.4. The highest BCUT2D eigenvalue weighted by Crippen LogP contribution is 2.31. The Bertz CT molecular complexity index is 596. The molecule has 1 N–H and O–H groups in total. The number of carbonyl (C=O) groups is 2. The molecule has 1 saturated heterocycles. The van der Waals surface area contributed by atoms with Crippen LogP contribution in [0.3, 0.4) is 0 Å². The molecule has 1 heterocycles. The molecule has 0 unspecified atom stereocenters. The zero-order valence-electron chi connectivity index (χ0n) is 13.8. The topological polar surface area (TPSA) is 58.6 Å². The number of ether oxygens (including phenoxy) is 1. The van der Waals surface area contributed by atoms with Gasteiger partial charge in [0.25, 0.3) is 0 Å². The molecule has 126 valence electrons. The van der Waals surface area contributed by atoms with Crippen molar-refractivity contribution in [2.75, 3.05) is 25.0 Å². The van der Waals surface area contributed by atoms with Crippen LogP contribution in [0.2, 0.25) is 5.02 Å². The molecule has 0 atom stereocenters. The highest BCUT2D eigenvalue weighted by atomic mass is 35.5. The molecule has 1 aliphatic rings. The number of rotatable bonds is 4. The van der Waals surface area contributed by atoms with Crippen molar-refractivity contribution in [2.45, 2.75) is 33.6 Å². The van der Waals surface area contributed by atoms with Gasteiger partial charge in [-0.15, -0.1) is 0 Å². The van der Waals surface area contributed by atoms with Crippen molar-refractivity contribution in [1.82, 2.24) is 4.90 Å². The van der Waals surface area contributed by atoms with Gasteiger partial charge in [-0.3, -0.25) is 9.59 Å². The number of halogens is 1. The van der Waals surface area contributed by atoms with E-state index in [-0.39, 0.29) is 17.7 Å². The summed E-state index contributed by atoms with van der Waals surface area (Å²) in [5, 5.41) is 3.44. The van der Waals surface area contributed by atoms with Gasteiger partial charge < -0.3 is 15.0 Å². The lowest BCUT2D eigenvalue weighted by molar-refractivity contribution is -0.132.